The molecule has 0 spiro atoms. The van der Waals surface area contributed by atoms with Crippen molar-refractivity contribution in [1.29, 1.82) is 0 Å². The van der Waals surface area contributed by atoms with Gasteiger partial charge in [0.2, 0.25) is 0 Å². The third-order valence-electron chi connectivity index (χ3n) is 10.5. The molecule has 11 rings (SSSR count). The molecule has 3 heterocycles. The number of thiophene rings is 1. The molecule has 0 aliphatic carbocycles. The zero-order valence-electron chi connectivity index (χ0n) is 30.1. The molecule has 0 aliphatic rings. The van der Waals surface area contributed by atoms with Gasteiger partial charge in [-0.05, 0) is 52.1 Å². The number of furan rings is 1. The molecular weight excluding hydrogens is 703 g/mol. The Balaban J connectivity index is 1.05. The van der Waals surface area contributed by atoms with Crippen LogP contribution < -0.4 is 0 Å². The molecule has 0 bridgehead atoms. The maximum absolute atomic E-state index is 6.50. The van der Waals surface area contributed by atoms with E-state index in [2.05, 4.69) is 140 Å². The third kappa shape index (κ3) is 5.56. The van der Waals surface area contributed by atoms with Crippen LogP contribution in [0.5, 0.6) is 0 Å². The molecule has 8 aromatic carbocycles. The summed E-state index contributed by atoms with van der Waals surface area (Å²) < 4.78 is 8.92. The third-order valence-corrected chi connectivity index (χ3v) is 11.8. The van der Waals surface area contributed by atoms with Crippen molar-refractivity contribution in [3.8, 4) is 67.5 Å². The van der Waals surface area contributed by atoms with Gasteiger partial charge in [0.25, 0.3) is 0 Å². The SMILES string of the molecule is c1ccc(-c2ccc(-c3nc(-c4ccccc4)nc(-c4ccc5c(c4)sc4c(-c6cc(-c7ccccc7)c7oc8ccccc8c7c6)cccc45)n3)cc2)cc1. The first-order chi connectivity index (χ1) is 27.7. The van der Waals surface area contributed by atoms with E-state index in [1.165, 1.54) is 31.3 Å². The number of para-hydroxylation sites is 1. The molecule has 0 N–H and O–H groups in total. The van der Waals surface area contributed by atoms with Crippen molar-refractivity contribution in [2.24, 2.45) is 0 Å². The van der Waals surface area contributed by atoms with Crippen LogP contribution in [0.1, 0.15) is 0 Å². The van der Waals surface area contributed by atoms with Gasteiger partial charge in [0.05, 0.1) is 0 Å². The normalized spacial score (nSPS) is 11.6. The Hall–Kier alpha value is -7.21. The highest BCUT2D eigenvalue weighted by Crippen LogP contribution is 2.45. The first-order valence-electron chi connectivity index (χ1n) is 18.7. The highest BCUT2D eigenvalue weighted by atomic mass is 32.1. The summed E-state index contributed by atoms with van der Waals surface area (Å²) in [5.41, 5.74) is 11.5. The molecule has 0 radical (unpaired) electrons. The van der Waals surface area contributed by atoms with Crippen molar-refractivity contribution in [2.45, 2.75) is 0 Å². The van der Waals surface area contributed by atoms with Gasteiger partial charge in [0.1, 0.15) is 11.2 Å². The van der Waals surface area contributed by atoms with Gasteiger partial charge in [-0.15, -0.1) is 11.3 Å². The van der Waals surface area contributed by atoms with E-state index in [4.69, 9.17) is 19.4 Å². The van der Waals surface area contributed by atoms with E-state index in [1.807, 2.05) is 59.9 Å². The van der Waals surface area contributed by atoms with Crippen LogP contribution in [-0.4, -0.2) is 15.0 Å². The molecule has 0 atom stereocenters. The first-order valence-corrected chi connectivity index (χ1v) is 19.5. The minimum atomic E-state index is 0.642. The molecule has 0 amide bonds. The van der Waals surface area contributed by atoms with Gasteiger partial charge in [-0.2, -0.15) is 0 Å². The summed E-state index contributed by atoms with van der Waals surface area (Å²) in [6.45, 7) is 0. The van der Waals surface area contributed by atoms with Gasteiger partial charge in [0, 0.05) is 53.2 Å². The molecule has 262 valence electrons. The molecule has 11 aromatic rings. The number of fused-ring (bicyclic) bond motifs is 6. The predicted molar refractivity (Wildman–Crippen MR) is 233 cm³/mol. The number of benzene rings is 8. The Labute approximate surface area is 327 Å². The second-order valence-electron chi connectivity index (χ2n) is 14.0. The summed E-state index contributed by atoms with van der Waals surface area (Å²) in [4.78, 5) is 15.1. The summed E-state index contributed by atoms with van der Waals surface area (Å²) in [7, 11) is 0. The van der Waals surface area contributed by atoms with Crippen LogP contribution in [0.2, 0.25) is 0 Å². The summed E-state index contributed by atoms with van der Waals surface area (Å²) in [5.74, 6) is 1.93. The minimum absolute atomic E-state index is 0.642. The van der Waals surface area contributed by atoms with E-state index in [-0.39, 0.29) is 0 Å². The smallest absolute Gasteiger partial charge is 0.164 e. The lowest BCUT2D eigenvalue weighted by molar-refractivity contribution is 0.670. The van der Waals surface area contributed by atoms with E-state index < -0.39 is 0 Å². The van der Waals surface area contributed by atoms with Gasteiger partial charge in [-0.3, -0.25) is 0 Å². The maximum Gasteiger partial charge on any atom is 0.164 e. The van der Waals surface area contributed by atoms with Crippen molar-refractivity contribution in [3.05, 3.63) is 188 Å². The van der Waals surface area contributed by atoms with Gasteiger partial charge < -0.3 is 4.42 Å². The van der Waals surface area contributed by atoms with Crippen molar-refractivity contribution >= 4 is 53.4 Å². The molecule has 56 heavy (non-hydrogen) atoms. The molecule has 4 nitrogen and oxygen atoms in total. The molecule has 0 fully saturated rings. The summed E-state index contributed by atoms with van der Waals surface area (Å²) in [6.07, 6.45) is 0. The van der Waals surface area contributed by atoms with Crippen LogP contribution in [0.4, 0.5) is 0 Å². The van der Waals surface area contributed by atoms with Gasteiger partial charge in [-0.1, -0.05) is 164 Å². The van der Waals surface area contributed by atoms with Crippen LogP contribution in [0.3, 0.4) is 0 Å². The summed E-state index contributed by atoms with van der Waals surface area (Å²) >= 11 is 1.81. The number of hydrogen-bond acceptors (Lipinski definition) is 5. The Morgan fingerprint density at radius 1 is 0.339 bits per heavy atom. The fourth-order valence-electron chi connectivity index (χ4n) is 7.77. The maximum atomic E-state index is 6.50. The largest absolute Gasteiger partial charge is 0.455 e. The Morgan fingerprint density at radius 3 is 1.62 bits per heavy atom. The van der Waals surface area contributed by atoms with Crippen molar-refractivity contribution in [1.82, 2.24) is 15.0 Å². The van der Waals surface area contributed by atoms with E-state index in [0.29, 0.717) is 17.5 Å². The molecule has 3 aromatic heterocycles. The van der Waals surface area contributed by atoms with Crippen LogP contribution >= 0.6 is 11.3 Å². The van der Waals surface area contributed by atoms with Crippen molar-refractivity contribution in [2.75, 3.05) is 0 Å². The minimum Gasteiger partial charge on any atom is -0.455 e. The average molecular weight is 734 g/mol. The summed E-state index contributed by atoms with van der Waals surface area (Å²) in [6, 6.07) is 65.7. The number of hydrogen-bond donors (Lipinski definition) is 0. The van der Waals surface area contributed by atoms with Crippen LogP contribution in [0.25, 0.3) is 110 Å². The number of rotatable bonds is 6. The lowest BCUT2D eigenvalue weighted by Gasteiger charge is -2.09. The molecule has 0 saturated carbocycles. The zero-order valence-corrected chi connectivity index (χ0v) is 30.9. The topological polar surface area (TPSA) is 51.8 Å². The van der Waals surface area contributed by atoms with Crippen molar-refractivity contribution in [3.63, 3.8) is 0 Å². The van der Waals surface area contributed by atoms with Gasteiger partial charge >= 0.3 is 0 Å². The van der Waals surface area contributed by atoms with E-state index in [1.54, 1.807) is 0 Å². The second-order valence-corrected chi connectivity index (χ2v) is 15.0. The van der Waals surface area contributed by atoms with Crippen LogP contribution in [-0.2, 0) is 0 Å². The lowest BCUT2D eigenvalue weighted by Crippen LogP contribution is -2.00. The molecule has 0 saturated heterocycles. The summed E-state index contributed by atoms with van der Waals surface area (Å²) in [5, 5.41) is 4.68. The number of aromatic nitrogens is 3. The standard InChI is InChI=1S/C51H31N3OS/c1-4-13-32(14-5-1)33-23-25-36(26-24-33)50-52-49(35-17-8-3-9-18-35)53-51(54-50)37-27-28-41-42-21-12-20-39(48(42)56-46(41)31-37)38-29-43(34-15-6-2-7-16-34)47-44(30-38)40-19-10-11-22-45(40)55-47/h1-31H. The molecule has 0 aliphatic heterocycles. The Bertz CT molecular complexity index is 3230. The fraction of sp³-hybridized carbons (Fsp3) is 0. The predicted octanol–water partition coefficient (Wildman–Crippen LogP) is 14.1. The lowest BCUT2D eigenvalue weighted by atomic mass is 9.95. The molecule has 5 heteroatoms. The first kappa shape index (κ1) is 32.2. The Morgan fingerprint density at radius 2 is 0.893 bits per heavy atom. The van der Waals surface area contributed by atoms with E-state index >= 15 is 0 Å². The highest BCUT2D eigenvalue weighted by Gasteiger charge is 2.19. The number of nitrogens with zero attached hydrogens (tertiary/aromatic N) is 3. The van der Waals surface area contributed by atoms with Gasteiger partial charge in [-0.25, -0.2) is 15.0 Å². The van der Waals surface area contributed by atoms with Gasteiger partial charge in [0.15, 0.2) is 17.5 Å². The monoisotopic (exact) mass is 733 g/mol. The van der Waals surface area contributed by atoms with E-state index in [9.17, 15) is 0 Å². The van der Waals surface area contributed by atoms with E-state index in [0.717, 1.165) is 60.9 Å². The molecule has 0 unspecified atom stereocenters. The zero-order chi connectivity index (χ0) is 37.0. The second kappa shape index (κ2) is 13.3. The highest BCUT2D eigenvalue weighted by molar-refractivity contribution is 7.26. The molecular formula is C51H31N3OS. The van der Waals surface area contributed by atoms with Crippen LogP contribution in [0.15, 0.2) is 192 Å². The quantitative estimate of drug-likeness (QED) is 0.171. The fourth-order valence-corrected chi connectivity index (χ4v) is 9.05. The van der Waals surface area contributed by atoms with Crippen LogP contribution in [0, 0.1) is 0 Å². The average Bonchev–Trinajstić information content (AvgIpc) is 3.85. The Kier molecular flexibility index (Phi) is 7.64. The van der Waals surface area contributed by atoms with Crippen molar-refractivity contribution < 1.29 is 4.42 Å².